The van der Waals surface area contributed by atoms with Crippen LogP contribution < -0.4 is 9.64 Å². The molecule has 0 aliphatic carbocycles. The number of fused-ring (bicyclic) bond motifs is 2. The van der Waals surface area contributed by atoms with Crippen molar-refractivity contribution in [2.45, 2.75) is 29.5 Å². The summed E-state index contributed by atoms with van der Waals surface area (Å²) in [6.45, 7) is 3.50. The molecule has 0 bridgehead atoms. The number of hydrogen-bond acceptors (Lipinski definition) is 6. The highest BCUT2D eigenvalue weighted by atomic mass is 32.2. The standard InChI is InChI=1S/C31H33N3O5S/c1-2-39-23-13-11-22(12-14-23)33-17-6-10-24-25(28(33)36)26-29(37)34(18-19-35)27-30(38)32(16-7-15-31(26,27)40-24)20-21-8-4-3-5-9-21/h3-15,24-27,35H,2,16-20H2,1H3/t24-,25+,26+,27?,31+/m1/s1. The number of ether oxygens (including phenoxy) is 1. The van der Waals surface area contributed by atoms with Crippen LogP contribution >= 0.6 is 11.8 Å². The minimum absolute atomic E-state index is 0.0467. The van der Waals surface area contributed by atoms with Crippen molar-refractivity contribution in [2.24, 2.45) is 11.8 Å². The average Bonchev–Trinajstić information content (AvgIpc) is 3.27. The lowest BCUT2D eigenvalue weighted by molar-refractivity contribution is -0.143. The summed E-state index contributed by atoms with van der Waals surface area (Å²) in [6, 6.07) is 16.4. The molecule has 9 heteroatoms. The summed E-state index contributed by atoms with van der Waals surface area (Å²) in [7, 11) is 0. The molecule has 4 aliphatic rings. The maximum atomic E-state index is 14.2. The number of aliphatic hydroxyl groups excluding tert-OH is 1. The van der Waals surface area contributed by atoms with Gasteiger partial charge in [-0.25, -0.2) is 0 Å². The van der Waals surface area contributed by atoms with Crippen LogP contribution in [0.3, 0.4) is 0 Å². The smallest absolute Gasteiger partial charge is 0.247 e. The van der Waals surface area contributed by atoms with E-state index in [2.05, 4.69) is 0 Å². The zero-order valence-corrected chi connectivity index (χ0v) is 23.2. The first-order chi connectivity index (χ1) is 19.5. The molecule has 40 heavy (non-hydrogen) atoms. The molecule has 8 nitrogen and oxygen atoms in total. The topological polar surface area (TPSA) is 90.4 Å². The predicted molar refractivity (Wildman–Crippen MR) is 154 cm³/mol. The third-order valence-corrected chi connectivity index (χ3v) is 10.0. The van der Waals surface area contributed by atoms with E-state index in [1.807, 2.05) is 85.8 Å². The molecule has 6 rings (SSSR count). The van der Waals surface area contributed by atoms with E-state index in [9.17, 15) is 19.5 Å². The van der Waals surface area contributed by atoms with Crippen LogP contribution in [0, 0.1) is 11.8 Å². The molecule has 208 valence electrons. The van der Waals surface area contributed by atoms with Crippen LogP contribution in [0.25, 0.3) is 0 Å². The van der Waals surface area contributed by atoms with Gasteiger partial charge in [0, 0.05) is 37.1 Å². The molecule has 2 aromatic carbocycles. The van der Waals surface area contributed by atoms with Crippen molar-refractivity contribution in [3.8, 4) is 5.75 Å². The van der Waals surface area contributed by atoms with Gasteiger partial charge in [0.25, 0.3) is 0 Å². The van der Waals surface area contributed by atoms with E-state index in [1.165, 1.54) is 4.90 Å². The summed E-state index contributed by atoms with van der Waals surface area (Å²) in [5.74, 6) is -1.13. The fourth-order valence-electron chi connectivity index (χ4n) is 6.60. The van der Waals surface area contributed by atoms with Crippen molar-refractivity contribution in [1.82, 2.24) is 9.80 Å². The molecular weight excluding hydrogens is 526 g/mol. The summed E-state index contributed by atoms with van der Waals surface area (Å²) >= 11 is 1.55. The lowest BCUT2D eigenvalue weighted by Gasteiger charge is -2.35. The molecular formula is C31H33N3O5S. The van der Waals surface area contributed by atoms with Crippen LogP contribution in [0.2, 0.25) is 0 Å². The van der Waals surface area contributed by atoms with Crippen molar-refractivity contribution in [3.05, 3.63) is 84.5 Å². The third-order valence-electron chi connectivity index (χ3n) is 8.26. The quantitative estimate of drug-likeness (QED) is 0.525. The summed E-state index contributed by atoms with van der Waals surface area (Å²) in [6.07, 6.45) is 7.99. The van der Waals surface area contributed by atoms with Crippen LogP contribution in [0.15, 0.2) is 78.9 Å². The lowest BCUT2D eigenvalue weighted by Crippen LogP contribution is -2.53. The normalized spacial score (nSPS) is 29.2. The minimum Gasteiger partial charge on any atom is -0.494 e. The zero-order valence-electron chi connectivity index (χ0n) is 22.4. The number of likely N-dealkylation sites (tertiary alicyclic amines) is 1. The van der Waals surface area contributed by atoms with Gasteiger partial charge in [-0.3, -0.25) is 14.4 Å². The SMILES string of the molecule is CCOc1ccc(N2CC=C[C@H]3S[C@]45C=CCN(Cc6ccccc6)C(=O)C4N(CCO)C(=O)[C@@H]5[C@H]3C2=O)cc1. The Hall–Kier alpha value is -3.56. The van der Waals surface area contributed by atoms with E-state index in [4.69, 9.17) is 4.74 Å². The number of aliphatic hydroxyl groups is 1. The Bertz CT molecular complexity index is 1350. The predicted octanol–water partition coefficient (Wildman–Crippen LogP) is 2.88. The van der Waals surface area contributed by atoms with E-state index < -0.39 is 22.6 Å². The van der Waals surface area contributed by atoms with E-state index in [-0.39, 0.29) is 36.1 Å². The maximum Gasteiger partial charge on any atom is 0.247 e. The molecule has 2 fully saturated rings. The maximum absolute atomic E-state index is 14.2. The summed E-state index contributed by atoms with van der Waals surface area (Å²) in [4.78, 5) is 47.6. The van der Waals surface area contributed by atoms with Gasteiger partial charge in [0.2, 0.25) is 17.7 Å². The molecule has 2 saturated heterocycles. The molecule has 4 heterocycles. The van der Waals surface area contributed by atoms with Gasteiger partial charge in [-0.1, -0.05) is 54.6 Å². The third kappa shape index (κ3) is 4.32. The van der Waals surface area contributed by atoms with Crippen molar-refractivity contribution >= 4 is 35.2 Å². The monoisotopic (exact) mass is 559 g/mol. The van der Waals surface area contributed by atoms with Crippen LogP contribution in [0.4, 0.5) is 5.69 Å². The molecule has 5 atom stereocenters. The Morgan fingerprint density at radius 1 is 0.975 bits per heavy atom. The Labute approximate surface area is 238 Å². The number of carbonyl (C=O) groups is 3. The first-order valence-corrected chi connectivity index (χ1v) is 14.7. The molecule has 1 unspecified atom stereocenters. The second-order valence-electron chi connectivity index (χ2n) is 10.5. The van der Waals surface area contributed by atoms with Gasteiger partial charge in [0.15, 0.2) is 0 Å². The van der Waals surface area contributed by atoms with Crippen molar-refractivity contribution in [1.29, 1.82) is 0 Å². The van der Waals surface area contributed by atoms with Crippen LogP contribution in [-0.4, -0.2) is 81.5 Å². The van der Waals surface area contributed by atoms with Gasteiger partial charge in [0.05, 0.1) is 29.8 Å². The molecule has 1 N–H and O–H groups in total. The zero-order chi connectivity index (χ0) is 27.9. The fourth-order valence-corrected chi connectivity index (χ4v) is 8.60. The molecule has 1 spiro atoms. The number of benzene rings is 2. The molecule has 4 aliphatic heterocycles. The first kappa shape index (κ1) is 26.7. The van der Waals surface area contributed by atoms with E-state index in [0.29, 0.717) is 26.2 Å². The van der Waals surface area contributed by atoms with Gasteiger partial charge in [0.1, 0.15) is 11.8 Å². The molecule has 3 amide bonds. The summed E-state index contributed by atoms with van der Waals surface area (Å²) in [5.41, 5.74) is 1.74. The molecule has 0 radical (unpaired) electrons. The molecule has 2 aromatic rings. The minimum atomic E-state index is -0.897. The fraction of sp³-hybridized carbons (Fsp3) is 0.387. The van der Waals surface area contributed by atoms with Gasteiger partial charge < -0.3 is 24.5 Å². The van der Waals surface area contributed by atoms with E-state index in [0.717, 1.165) is 17.0 Å². The number of anilines is 1. The molecule has 0 aromatic heterocycles. The Kier molecular flexibility index (Phi) is 7.18. The van der Waals surface area contributed by atoms with Crippen LogP contribution in [0.5, 0.6) is 5.75 Å². The van der Waals surface area contributed by atoms with Crippen LogP contribution in [-0.2, 0) is 20.9 Å². The van der Waals surface area contributed by atoms with E-state index in [1.54, 1.807) is 21.6 Å². The van der Waals surface area contributed by atoms with Gasteiger partial charge >= 0.3 is 0 Å². The Morgan fingerprint density at radius 3 is 2.48 bits per heavy atom. The highest BCUT2D eigenvalue weighted by Gasteiger charge is 2.70. The number of thioether (sulfide) groups is 1. The number of amides is 3. The Morgan fingerprint density at radius 2 is 1.75 bits per heavy atom. The van der Waals surface area contributed by atoms with Gasteiger partial charge in [-0.05, 0) is 36.8 Å². The highest BCUT2D eigenvalue weighted by Crippen LogP contribution is 2.61. The number of rotatable bonds is 7. The van der Waals surface area contributed by atoms with Gasteiger partial charge in [-0.2, -0.15) is 0 Å². The molecule has 0 saturated carbocycles. The number of β-amino-alcohol motifs (C(OH)–C–C–N with tert-alkyl or cyclic N) is 1. The summed E-state index contributed by atoms with van der Waals surface area (Å²) < 4.78 is 4.67. The Balaban J connectivity index is 1.36. The number of carbonyl (C=O) groups excluding carboxylic acids is 3. The van der Waals surface area contributed by atoms with Crippen molar-refractivity contribution in [2.75, 3.05) is 37.7 Å². The first-order valence-electron chi connectivity index (χ1n) is 13.8. The second kappa shape index (κ2) is 10.8. The van der Waals surface area contributed by atoms with Crippen molar-refractivity contribution < 1.29 is 24.2 Å². The average molecular weight is 560 g/mol. The largest absolute Gasteiger partial charge is 0.494 e. The van der Waals surface area contributed by atoms with Gasteiger partial charge in [-0.15, -0.1) is 11.8 Å². The number of nitrogens with zero attached hydrogens (tertiary/aromatic N) is 3. The van der Waals surface area contributed by atoms with Crippen LogP contribution in [0.1, 0.15) is 12.5 Å². The highest BCUT2D eigenvalue weighted by molar-refractivity contribution is 8.02. The number of hydrogen-bond donors (Lipinski definition) is 1. The lowest BCUT2D eigenvalue weighted by atomic mass is 9.78. The summed E-state index contributed by atoms with van der Waals surface area (Å²) in [5, 5.41) is 9.65. The van der Waals surface area contributed by atoms with E-state index >= 15 is 0 Å². The second-order valence-corrected chi connectivity index (χ2v) is 12.0. The van der Waals surface area contributed by atoms with Crippen molar-refractivity contribution in [3.63, 3.8) is 0 Å².